The van der Waals surface area contributed by atoms with E-state index in [4.69, 9.17) is 9.47 Å². The number of methoxy groups -OCH3 is 1. The van der Waals surface area contributed by atoms with Crippen LogP contribution in [0.15, 0.2) is 35.9 Å². The van der Waals surface area contributed by atoms with Gasteiger partial charge < -0.3 is 29.9 Å². The zero-order valence-electron chi connectivity index (χ0n) is 20.4. The topological polar surface area (TPSA) is 116 Å². The summed E-state index contributed by atoms with van der Waals surface area (Å²) in [6, 6.07) is 7.46. The molecule has 0 aromatic heterocycles. The summed E-state index contributed by atoms with van der Waals surface area (Å²) in [5.74, 6) is -1.01. The number of carbonyl (C=O) groups excluding carboxylic acids is 1. The largest absolute Gasteiger partial charge is 0.456 e. The van der Waals surface area contributed by atoms with Gasteiger partial charge in [0.15, 0.2) is 6.10 Å². The van der Waals surface area contributed by atoms with Crippen molar-refractivity contribution in [2.75, 3.05) is 13.7 Å². The van der Waals surface area contributed by atoms with E-state index in [1.165, 1.54) is 0 Å². The molecule has 4 N–H and O–H groups in total. The molecule has 0 radical (unpaired) electrons. The molecule has 33 heavy (non-hydrogen) atoms. The zero-order valence-corrected chi connectivity index (χ0v) is 20.4. The Kier molecular flexibility index (Phi) is 10.1. The van der Waals surface area contributed by atoms with Crippen LogP contribution in [0.25, 0.3) is 0 Å². The second-order valence-corrected chi connectivity index (χ2v) is 9.67. The van der Waals surface area contributed by atoms with E-state index >= 15 is 0 Å². The van der Waals surface area contributed by atoms with E-state index in [-0.39, 0.29) is 25.4 Å². The number of hydrogen-bond donors (Lipinski definition) is 4. The van der Waals surface area contributed by atoms with E-state index in [1.54, 1.807) is 14.0 Å². The van der Waals surface area contributed by atoms with Gasteiger partial charge in [0.2, 0.25) is 0 Å². The number of cyclic esters (lactones) is 1. The third-order valence-electron chi connectivity index (χ3n) is 6.88. The van der Waals surface area contributed by atoms with Crippen molar-refractivity contribution in [3.63, 3.8) is 0 Å². The molecular weight excluding hydrogens is 424 g/mol. The average Bonchev–Trinajstić information content (AvgIpc) is 2.79. The van der Waals surface area contributed by atoms with Gasteiger partial charge in [0, 0.05) is 44.3 Å². The first kappa shape index (κ1) is 27.5. The number of benzene rings is 1. The first-order valence-electron chi connectivity index (χ1n) is 11.7. The Morgan fingerprint density at radius 2 is 1.97 bits per heavy atom. The fourth-order valence-electron chi connectivity index (χ4n) is 4.19. The first-order chi connectivity index (χ1) is 15.5. The SMILES string of the molecule is CC[C@H](/C=C(/C)[C@@H]1C[C@@H](OC)C[C@H](O)C(C)(C)c2cccc(c2)C[C@@H](O)C(O)C(=O)O1)CO. The van der Waals surface area contributed by atoms with Crippen LogP contribution in [0.4, 0.5) is 0 Å². The summed E-state index contributed by atoms with van der Waals surface area (Å²) >= 11 is 0. The minimum atomic E-state index is -1.70. The van der Waals surface area contributed by atoms with Gasteiger partial charge in [-0.05, 0) is 30.0 Å². The predicted molar refractivity (Wildman–Crippen MR) is 126 cm³/mol. The summed E-state index contributed by atoms with van der Waals surface area (Å²) in [4.78, 5) is 12.7. The Hall–Kier alpha value is -1.77. The van der Waals surface area contributed by atoms with Crippen LogP contribution in [0.2, 0.25) is 0 Å². The van der Waals surface area contributed by atoms with Crippen LogP contribution in [-0.2, 0) is 26.1 Å². The number of aliphatic hydroxyl groups is 4. The lowest BCUT2D eigenvalue weighted by molar-refractivity contribution is -0.165. The zero-order chi connectivity index (χ0) is 24.8. The minimum absolute atomic E-state index is 0.0335. The standard InChI is InChI=1S/C26H40O7/c1-6-17(15-27)10-16(2)22-13-20(32-5)14-23(29)26(3,4)19-9-7-8-18(11-19)12-21(28)24(30)25(31)33-22/h7-11,17,20-24,27-30H,6,12-15H2,1-5H3/b16-10-/t17-,20-,21-,22+,23+,24?/m1/s1. The van der Waals surface area contributed by atoms with Gasteiger partial charge in [-0.2, -0.15) is 0 Å². The highest BCUT2D eigenvalue weighted by Crippen LogP contribution is 2.32. The molecule has 1 aromatic rings. The Balaban J connectivity index is 2.46. The molecule has 0 fully saturated rings. The van der Waals surface area contributed by atoms with Crippen molar-refractivity contribution in [2.45, 2.75) is 89.3 Å². The van der Waals surface area contributed by atoms with Gasteiger partial charge in [0.05, 0.1) is 18.3 Å². The minimum Gasteiger partial charge on any atom is -0.456 e. The molecule has 0 aliphatic carbocycles. The molecule has 1 aliphatic heterocycles. The summed E-state index contributed by atoms with van der Waals surface area (Å²) in [7, 11) is 1.55. The summed E-state index contributed by atoms with van der Waals surface area (Å²) in [5, 5.41) is 41.7. The second kappa shape index (κ2) is 12.1. The van der Waals surface area contributed by atoms with Crippen molar-refractivity contribution < 1.29 is 34.7 Å². The van der Waals surface area contributed by atoms with E-state index in [9.17, 15) is 25.2 Å². The van der Waals surface area contributed by atoms with E-state index < -0.39 is 41.9 Å². The number of hydrogen-bond acceptors (Lipinski definition) is 7. The van der Waals surface area contributed by atoms with Gasteiger partial charge in [0.25, 0.3) is 0 Å². The first-order valence-corrected chi connectivity index (χ1v) is 11.7. The quantitative estimate of drug-likeness (QED) is 0.390. The average molecular weight is 465 g/mol. The van der Waals surface area contributed by atoms with Crippen LogP contribution in [0.1, 0.15) is 58.1 Å². The number of fused-ring (bicyclic) bond motifs is 2. The number of carbonyl (C=O) groups is 1. The van der Waals surface area contributed by atoms with Crippen LogP contribution in [-0.4, -0.2) is 70.6 Å². The van der Waals surface area contributed by atoms with E-state index in [1.807, 2.05) is 51.1 Å². The van der Waals surface area contributed by atoms with Gasteiger partial charge in [-0.25, -0.2) is 4.79 Å². The molecule has 1 unspecified atom stereocenters. The Labute approximate surface area is 197 Å². The fraction of sp³-hybridized carbons (Fsp3) is 0.654. The summed E-state index contributed by atoms with van der Waals surface area (Å²) < 4.78 is 11.3. The van der Waals surface area contributed by atoms with Crippen molar-refractivity contribution in [1.82, 2.24) is 0 Å². The van der Waals surface area contributed by atoms with Gasteiger partial charge in [-0.1, -0.05) is 51.1 Å². The molecule has 0 spiro atoms. The van der Waals surface area contributed by atoms with Crippen LogP contribution in [0.5, 0.6) is 0 Å². The third-order valence-corrected chi connectivity index (χ3v) is 6.88. The van der Waals surface area contributed by atoms with Crippen LogP contribution < -0.4 is 0 Å². The maximum absolute atomic E-state index is 12.7. The number of ether oxygens (including phenoxy) is 2. The Morgan fingerprint density at radius 1 is 1.27 bits per heavy atom. The Bertz CT molecular complexity index is 800. The maximum atomic E-state index is 12.7. The molecule has 0 saturated heterocycles. The highest BCUT2D eigenvalue weighted by Gasteiger charge is 2.35. The van der Waals surface area contributed by atoms with Crippen LogP contribution >= 0.6 is 0 Å². The highest BCUT2D eigenvalue weighted by molar-refractivity contribution is 5.75. The predicted octanol–water partition coefficient (Wildman–Crippen LogP) is 2.27. The molecule has 0 amide bonds. The molecule has 6 atom stereocenters. The normalized spacial score (nSPS) is 30.3. The molecule has 1 aliphatic rings. The van der Waals surface area contributed by atoms with E-state index in [2.05, 4.69) is 0 Å². The molecule has 0 saturated carbocycles. The van der Waals surface area contributed by atoms with Crippen LogP contribution in [0.3, 0.4) is 0 Å². The summed E-state index contributed by atoms with van der Waals surface area (Å²) in [6.07, 6.45) is -1.71. The van der Waals surface area contributed by atoms with Crippen molar-refractivity contribution in [2.24, 2.45) is 5.92 Å². The number of aliphatic hydroxyl groups excluding tert-OH is 4. The van der Waals surface area contributed by atoms with Crippen molar-refractivity contribution in [3.8, 4) is 0 Å². The van der Waals surface area contributed by atoms with Gasteiger partial charge in [-0.3, -0.25) is 0 Å². The van der Waals surface area contributed by atoms with Crippen molar-refractivity contribution in [3.05, 3.63) is 47.0 Å². The smallest absolute Gasteiger partial charge is 0.338 e. The summed E-state index contributed by atoms with van der Waals surface area (Å²) in [5.41, 5.74) is 1.76. The van der Waals surface area contributed by atoms with Crippen molar-refractivity contribution in [1.29, 1.82) is 0 Å². The van der Waals surface area contributed by atoms with Gasteiger partial charge in [0.1, 0.15) is 6.10 Å². The summed E-state index contributed by atoms with van der Waals surface area (Å²) in [6.45, 7) is 7.64. The third kappa shape index (κ3) is 7.11. The molecule has 1 heterocycles. The number of rotatable bonds is 5. The molecule has 2 rings (SSSR count). The fourth-order valence-corrected chi connectivity index (χ4v) is 4.19. The maximum Gasteiger partial charge on any atom is 0.338 e. The molecule has 7 nitrogen and oxygen atoms in total. The molecule has 2 bridgehead atoms. The van der Waals surface area contributed by atoms with Crippen molar-refractivity contribution >= 4 is 5.97 Å². The second-order valence-electron chi connectivity index (χ2n) is 9.67. The van der Waals surface area contributed by atoms with E-state index in [0.717, 1.165) is 16.7 Å². The van der Waals surface area contributed by atoms with E-state index in [0.29, 0.717) is 12.8 Å². The Morgan fingerprint density at radius 3 is 2.58 bits per heavy atom. The molecule has 7 heteroatoms. The lowest BCUT2D eigenvalue weighted by atomic mass is 9.76. The highest BCUT2D eigenvalue weighted by atomic mass is 16.6. The lowest BCUT2D eigenvalue weighted by Crippen LogP contribution is -2.41. The van der Waals surface area contributed by atoms with Gasteiger partial charge in [-0.15, -0.1) is 0 Å². The molecular formula is C26H40O7. The number of esters is 1. The lowest BCUT2D eigenvalue weighted by Gasteiger charge is -2.35. The monoisotopic (exact) mass is 464 g/mol. The van der Waals surface area contributed by atoms with Crippen LogP contribution in [0, 0.1) is 5.92 Å². The van der Waals surface area contributed by atoms with Gasteiger partial charge >= 0.3 is 5.97 Å². The molecule has 1 aromatic carbocycles. The molecule has 186 valence electrons.